The van der Waals surface area contributed by atoms with Gasteiger partial charge in [-0.3, -0.25) is 4.79 Å². The van der Waals surface area contributed by atoms with E-state index >= 15 is 0 Å². The Labute approximate surface area is 196 Å². The number of amides is 1. The van der Waals surface area contributed by atoms with Crippen LogP contribution in [0.25, 0.3) is 11.1 Å². The first-order valence-corrected chi connectivity index (χ1v) is 11.2. The number of ether oxygens (including phenoxy) is 3. The fourth-order valence-corrected chi connectivity index (χ4v) is 5.02. The zero-order valence-corrected chi connectivity index (χ0v) is 18.2. The van der Waals surface area contributed by atoms with E-state index in [2.05, 4.69) is 5.32 Å². The van der Waals surface area contributed by atoms with Gasteiger partial charge in [0.1, 0.15) is 11.5 Å². The monoisotopic (exact) mass is 457 g/mol. The van der Waals surface area contributed by atoms with Gasteiger partial charge in [0.2, 0.25) is 12.7 Å². The van der Waals surface area contributed by atoms with Crippen molar-refractivity contribution < 1.29 is 29.2 Å². The third-order valence-electron chi connectivity index (χ3n) is 6.64. The molecule has 3 aliphatic rings. The van der Waals surface area contributed by atoms with E-state index in [9.17, 15) is 15.0 Å². The second kappa shape index (κ2) is 8.11. The van der Waals surface area contributed by atoms with Crippen LogP contribution in [-0.4, -0.2) is 35.1 Å². The third kappa shape index (κ3) is 3.54. The molecule has 1 amide bonds. The Hall–Kier alpha value is -3.97. The van der Waals surface area contributed by atoms with E-state index in [4.69, 9.17) is 14.2 Å². The number of nitrogens with one attached hydrogen (secondary N) is 1. The zero-order valence-electron chi connectivity index (χ0n) is 18.2. The van der Waals surface area contributed by atoms with Crippen LogP contribution in [0.4, 0.5) is 0 Å². The van der Waals surface area contributed by atoms with Gasteiger partial charge in [-0.15, -0.1) is 0 Å². The number of carbonyl (C=O) groups is 1. The minimum atomic E-state index is -0.393. The molecule has 1 fully saturated rings. The molecule has 3 heterocycles. The number of phenols is 2. The van der Waals surface area contributed by atoms with Crippen LogP contribution < -0.4 is 14.8 Å². The lowest BCUT2D eigenvalue weighted by Gasteiger charge is -2.24. The minimum Gasteiger partial charge on any atom is -0.508 e. The molecule has 3 aliphatic heterocycles. The Morgan fingerprint density at radius 1 is 0.853 bits per heavy atom. The fourth-order valence-electron chi connectivity index (χ4n) is 5.02. The number of phenolic OH excluding ortho intramolecular Hbond substituents is 2. The number of fused-ring (bicyclic) bond motifs is 3. The smallest absolute Gasteiger partial charge is 0.231 e. The maximum Gasteiger partial charge on any atom is 0.231 e. The summed E-state index contributed by atoms with van der Waals surface area (Å²) in [5, 5.41) is 22.5. The summed E-state index contributed by atoms with van der Waals surface area (Å²) in [4.78, 5) is 13.2. The van der Waals surface area contributed by atoms with E-state index in [1.807, 2.05) is 42.5 Å². The van der Waals surface area contributed by atoms with Crippen molar-refractivity contribution in [3.05, 3.63) is 83.4 Å². The van der Waals surface area contributed by atoms with Gasteiger partial charge in [0, 0.05) is 6.54 Å². The number of hydrogen-bond donors (Lipinski definition) is 3. The molecule has 3 aromatic rings. The lowest BCUT2D eigenvalue weighted by atomic mass is 9.78. The van der Waals surface area contributed by atoms with Gasteiger partial charge < -0.3 is 29.7 Å². The zero-order chi connectivity index (χ0) is 23.2. The molecule has 0 radical (unpaired) electrons. The topological polar surface area (TPSA) is 97.3 Å². The van der Waals surface area contributed by atoms with Crippen molar-refractivity contribution in [2.75, 3.05) is 6.79 Å². The molecule has 3 N–H and O–H groups in total. The minimum absolute atomic E-state index is 0.0637. The highest BCUT2D eigenvalue weighted by Crippen LogP contribution is 2.51. The van der Waals surface area contributed by atoms with E-state index in [0.717, 1.165) is 27.8 Å². The Morgan fingerprint density at radius 3 is 2.21 bits per heavy atom. The molecule has 0 aromatic heterocycles. The van der Waals surface area contributed by atoms with Crippen LogP contribution in [0.3, 0.4) is 0 Å². The molecule has 0 saturated carbocycles. The summed E-state index contributed by atoms with van der Waals surface area (Å²) in [5.74, 6) is 1.38. The van der Waals surface area contributed by atoms with Crippen molar-refractivity contribution in [1.82, 2.24) is 5.32 Å². The summed E-state index contributed by atoms with van der Waals surface area (Å²) < 4.78 is 17.1. The average molecular weight is 457 g/mol. The number of hydrogen-bond acceptors (Lipinski definition) is 6. The van der Waals surface area contributed by atoms with Crippen LogP contribution >= 0.6 is 0 Å². The Kier molecular flexibility index (Phi) is 4.92. The summed E-state index contributed by atoms with van der Waals surface area (Å²) >= 11 is 0. The molecule has 2 bridgehead atoms. The van der Waals surface area contributed by atoms with Crippen molar-refractivity contribution >= 4 is 17.1 Å². The van der Waals surface area contributed by atoms with E-state index in [0.29, 0.717) is 24.5 Å². The standard InChI is InChI=1S/C27H23NO6/c29-18-6-2-16(3-7-18)24-23-12-20(26(34-23)25(24)17-4-8-19(30)9-5-17)27(31)28-13-15-1-10-21-22(11-15)33-14-32-21/h1-11,20,23,26,29-30H,12-14H2,(H,28,31). The predicted octanol–water partition coefficient (Wildman–Crippen LogP) is 3.84. The summed E-state index contributed by atoms with van der Waals surface area (Å²) in [5.41, 5.74) is 4.76. The molecule has 7 nitrogen and oxygen atoms in total. The Bertz CT molecular complexity index is 1280. The molecule has 3 atom stereocenters. The molecule has 3 unspecified atom stereocenters. The molecular weight excluding hydrogens is 434 g/mol. The lowest BCUT2D eigenvalue weighted by Crippen LogP contribution is -2.36. The quantitative estimate of drug-likeness (QED) is 0.539. The third-order valence-corrected chi connectivity index (χ3v) is 6.64. The van der Waals surface area contributed by atoms with Crippen LogP contribution in [0, 0.1) is 5.92 Å². The summed E-state index contributed by atoms with van der Waals surface area (Å²) in [6.45, 7) is 0.593. The van der Waals surface area contributed by atoms with Crippen molar-refractivity contribution in [2.24, 2.45) is 5.92 Å². The van der Waals surface area contributed by atoms with Crippen molar-refractivity contribution in [3.63, 3.8) is 0 Å². The van der Waals surface area contributed by atoms with Crippen molar-refractivity contribution in [1.29, 1.82) is 0 Å². The van der Waals surface area contributed by atoms with Crippen LogP contribution in [0.2, 0.25) is 0 Å². The Morgan fingerprint density at radius 2 is 1.50 bits per heavy atom. The molecule has 7 heteroatoms. The van der Waals surface area contributed by atoms with Gasteiger partial charge in [-0.25, -0.2) is 0 Å². The van der Waals surface area contributed by atoms with Gasteiger partial charge in [0.05, 0.1) is 18.1 Å². The maximum absolute atomic E-state index is 13.2. The molecule has 3 aromatic carbocycles. The van der Waals surface area contributed by atoms with Gasteiger partial charge in [-0.05, 0) is 70.7 Å². The largest absolute Gasteiger partial charge is 0.508 e. The van der Waals surface area contributed by atoms with Crippen LogP contribution in [0.15, 0.2) is 66.7 Å². The average Bonchev–Trinajstić information content (AvgIpc) is 3.58. The first-order chi connectivity index (χ1) is 16.6. The second-order valence-corrected chi connectivity index (χ2v) is 8.71. The molecule has 0 aliphatic carbocycles. The summed E-state index contributed by atoms with van der Waals surface area (Å²) in [6, 6.07) is 19.6. The first-order valence-electron chi connectivity index (χ1n) is 11.2. The summed E-state index contributed by atoms with van der Waals surface area (Å²) in [6.07, 6.45) is -0.0372. The highest BCUT2D eigenvalue weighted by molar-refractivity contribution is 6.00. The number of rotatable bonds is 5. The summed E-state index contributed by atoms with van der Waals surface area (Å²) in [7, 11) is 0. The second-order valence-electron chi connectivity index (χ2n) is 8.71. The van der Waals surface area contributed by atoms with Crippen LogP contribution in [0.1, 0.15) is 23.1 Å². The van der Waals surface area contributed by atoms with Crippen LogP contribution in [0.5, 0.6) is 23.0 Å². The van der Waals surface area contributed by atoms with Gasteiger partial charge in [-0.2, -0.15) is 0 Å². The number of carbonyl (C=O) groups excluding carboxylic acids is 1. The predicted molar refractivity (Wildman–Crippen MR) is 124 cm³/mol. The number of benzene rings is 3. The fraction of sp³-hybridized carbons (Fsp3) is 0.222. The lowest BCUT2D eigenvalue weighted by molar-refractivity contribution is -0.125. The molecule has 6 rings (SSSR count). The first kappa shape index (κ1) is 20.6. The molecule has 34 heavy (non-hydrogen) atoms. The maximum atomic E-state index is 13.2. The van der Waals surface area contributed by atoms with E-state index < -0.39 is 6.10 Å². The van der Waals surface area contributed by atoms with Crippen molar-refractivity contribution in [2.45, 2.75) is 25.2 Å². The molecule has 0 spiro atoms. The van der Waals surface area contributed by atoms with Crippen molar-refractivity contribution in [3.8, 4) is 23.0 Å². The van der Waals surface area contributed by atoms with E-state index in [-0.39, 0.29) is 36.2 Å². The van der Waals surface area contributed by atoms with Gasteiger partial charge in [0.25, 0.3) is 0 Å². The van der Waals surface area contributed by atoms with Gasteiger partial charge in [0.15, 0.2) is 11.5 Å². The molecular formula is C27H23NO6. The highest BCUT2D eigenvalue weighted by atomic mass is 16.7. The molecule has 172 valence electrons. The molecule has 1 saturated heterocycles. The van der Waals surface area contributed by atoms with E-state index in [1.165, 1.54) is 0 Å². The van der Waals surface area contributed by atoms with E-state index in [1.54, 1.807) is 24.3 Å². The van der Waals surface area contributed by atoms with Gasteiger partial charge >= 0.3 is 0 Å². The highest BCUT2D eigenvalue weighted by Gasteiger charge is 2.50. The Balaban J connectivity index is 1.27. The van der Waals surface area contributed by atoms with Crippen LogP contribution in [-0.2, 0) is 16.1 Å². The normalized spacial score (nSPS) is 22.3. The van der Waals surface area contributed by atoms with Gasteiger partial charge in [-0.1, -0.05) is 30.3 Å². The number of aromatic hydroxyl groups is 2. The SMILES string of the molecule is O=C(NCc1ccc2c(c1)OCO2)C1CC2OC1C(c1ccc(O)cc1)=C2c1ccc(O)cc1.